The molecule has 0 radical (unpaired) electrons. The molecule has 1 aromatic carbocycles. The van der Waals surface area contributed by atoms with Crippen molar-refractivity contribution in [2.24, 2.45) is 11.8 Å². The van der Waals surface area contributed by atoms with Crippen LogP contribution in [0.3, 0.4) is 0 Å². The first-order valence-corrected chi connectivity index (χ1v) is 22.4. The van der Waals surface area contributed by atoms with E-state index in [1.165, 1.54) is 93.9 Å². The van der Waals surface area contributed by atoms with Crippen molar-refractivity contribution in [2.75, 3.05) is 27.3 Å². The van der Waals surface area contributed by atoms with Crippen molar-refractivity contribution in [3.8, 4) is 0 Å². The molecule has 7 heteroatoms. The van der Waals surface area contributed by atoms with Crippen LogP contribution in [0.1, 0.15) is 134 Å². The quantitative estimate of drug-likeness (QED) is 0.0427. The maximum absolute atomic E-state index is 5.22. The van der Waals surface area contributed by atoms with Gasteiger partial charge in [0.05, 0.1) is 6.04 Å². The number of ether oxygens (including phenoxy) is 1. The number of unbranched alkanes of at least 4 members (excludes halogenated alkanes) is 7. The zero-order chi connectivity index (χ0) is 39.3. The maximum Gasteiger partial charge on any atom is 0.0685 e. The minimum absolute atomic E-state index is 0.169. The average Bonchev–Trinajstić information content (AvgIpc) is 3.78. The molecule has 2 aliphatic heterocycles. The monoisotopic (exact) mass is 762 g/mol. The first-order valence-electron chi connectivity index (χ1n) is 21.5. The fraction of sp³-hybridized carbons (Fsp3) is 0.660. The number of allylic oxidation sites excluding steroid dienone is 1. The molecule has 3 aliphatic rings. The summed E-state index contributed by atoms with van der Waals surface area (Å²) >= 11 is 1.86. The number of nitrogens with one attached hydrogen (secondary N) is 3. The smallest absolute Gasteiger partial charge is 0.0685 e. The molecule has 0 amide bonds. The second-order valence-corrected chi connectivity index (χ2v) is 17.1. The SMILES string of the molecule is C=CN[C@H](C=C)CCCCCCC[C@H](C)C(NC(=C)C1C[C@@H](CC(=C)N2Cc3cccc(CCCCCCOC)c3C2)CN1C)C(=C)NSC1CC1.CC. The molecule has 1 saturated heterocycles. The number of methoxy groups -OCH3 is 1. The highest BCUT2D eigenvalue weighted by molar-refractivity contribution is 7.98. The molecular formula is C47H79N5OS. The fourth-order valence-electron chi connectivity index (χ4n) is 8.21. The van der Waals surface area contributed by atoms with Gasteiger partial charge in [-0.2, -0.15) is 0 Å². The van der Waals surface area contributed by atoms with E-state index < -0.39 is 0 Å². The number of fused-ring (bicyclic) bond motifs is 1. The normalized spacial score (nSPS) is 19.5. The van der Waals surface area contributed by atoms with Gasteiger partial charge in [0.15, 0.2) is 0 Å². The third kappa shape index (κ3) is 15.5. The van der Waals surface area contributed by atoms with Gasteiger partial charge in [0.2, 0.25) is 0 Å². The average molecular weight is 762 g/mol. The van der Waals surface area contributed by atoms with E-state index in [4.69, 9.17) is 4.74 Å². The van der Waals surface area contributed by atoms with Gasteiger partial charge in [0.25, 0.3) is 0 Å². The first kappa shape index (κ1) is 45.8. The molecule has 4 rings (SSSR count). The van der Waals surface area contributed by atoms with Gasteiger partial charge in [-0.15, -0.1) is 6.58 Å². The summed E-state index contributed by atoms with van der Waals surface area (Å²) in [6.45, 7) is 31.9. The molecule has 2 unspecified atom stereocenters. The molecule has 304 valence electrons. The number of rotatable bonds is 29. The van der Waals surface area contributed by atoms with Crippen LogP contribution in [0.5, 0.6) is 0 Å². The molecule has 1 aliphatic carbocycles. The Bertz CT molecular complexity index is 1290. The minimum atomic E-state index is 0.169. The summed E-state index contributed by atoms with van der Waals surface area (Å²) in [5, 5.41) is 7.94. The van der Waals surface area contributed by atoms with Crippen molar-refractivity contribution < 1.29 is 4.74 Å². The lowest BCUT2D eigenvalue weighted by Crippen LogP contribution is -2.43. The molecule has 5 atom stereocenters. The Balaban J connectivity index is 0.00000385. The maximum atomic E-state index is 5.22. The molecule has 3 N–H and O–H groups in total. The third-order valence-corrected chi connectivity index (χ3v) is 12.8. The third-order valence-electron chi connectivity index (χ3n) is 11.6. The summed E-state index contributed by atoms with van der Waals surface area (Å²) in [4.78, 5) is 5.05. The van der Waals surface area contributed by atoms with Gasteiger partial charge in [-0.25, -0.2) is 0 Å². The van der Waals surface area contributed by atoms with Crippen molar-refractivity contribution in [1.82, 2.24) is 25.2 Å². The van der Waals surface area contributed by atoms with Crippen molar-refractivity contribution >= 4 is 11.9 Å². The number of likely N-dealkylation sites (tertiary alicyclic amines) is 1. The van der Waals surface area contributed by atoms with Gasteiger partial charge in [-0.05, 0) is 112 Å². The van der Waals surface area contributed by atoms with Gasteiger partial charge in [0, 0.05) is 67.8 Å². The van der Waals surface area contributed by atoms with E-state index in [2.05, 4.69) is 90.2 Å². The summed E-state index contributed by atoms with van der Waals surface area (Å²) in [6.07, 6.45) is 23.3. The van der Waals surface area contributed by atoms with Crippen molar-refractivity contribution in [3.63, 3.8) is 0 Å². The zero-order valence-corrected chi connectivity index (χ0v) is 36.1. The van der Waals surface area contributed by atoms with Crippen LogP contribution in [0.15, 0.2) is 80.5 Å². The Labute approximate surface area is 336 Å². The standard InChI is InChI=1S/C45H73N5OS.C2H6/c1-9-41(46-10-2)25-18-13-11-12-16-21-34(3)45(37(6)48-52-42-26-27-42)47-36(5)44-30-38(31-49(44)7)29-35(4)50-32-40-24-20-23-39(43(40)33-50)22-17-14-15-19-28-51-8;1-2/h9-10,20,23-24,34,38,41-42,44-48H,1-2,4-6,11-19,21-22,25-33H2,3,7-8H3;1-2H3/t34-,38+,41+,44?,45?;/m0./s1. The van der Waals surface area contributed by atoms with Crippen LogP contribution in [-0.4, -0.2) is 60.5 Å². The highest BCUT2D eigenvalue weighted by Crippen LogP contribution is 2.36. The number of hydrogen-bond donors (Lipinski definition) is 3. The lowest BCUT2D eigenvalue weighted by molar-refractivity contribution is 0.192. The molecular weight excluding hydrogens is 683 g/mol. The van der Waals surface area contributed by atoms with Crippen LogP contribution >= 0.6 is 11.9 Å². The first-order chi connectivity index (χ1) is 26.2. The Morgan fingerprint density at radius 3 is 2.37 bits per heavy atom. The fourth-order valence-corrected chi connectivity index (χ4v) is 9.03. The van der Waals surface area contributed by atoms with Crippen LogP contribution in [0.25, 0.3) is 0 Å². The van der Waals surface area contributed by atoms with Gasteiger partial charge in [0.1, 0.15) is 0 Å². The Kier molecular flexibility index (Phi) is 21.6. The Hall–Kier alpha value is -2.61. The second-order valence-electron chi connectivity index (χ2n) is 16.0. The molecule has 1 saturated carbocycles. The van der Waals surface area contributed by atoms with Crippen LogP contribution in [0.2, 0.25) is 0 Å². The number of nitrogens with zero attached hydrogens (tertiary/aromatic N) is 2. The largest absolute Gasteiger partial charge is 0.385 e. The van der Waals surface area contributed by atoms with Crippen LogP contribution in [0.4, 0.5) is 0 Å². The summed E-state index contributed by atoms with van der Waals surface area (Å²) in [7, 11) is 4.07. The number of hydrogen-bond acceptors (Lipinski definition) is 7. The van der Waals surface area contributed by atoms with E-state index in [9.17, 15) is 0 Å². The summed E-state index contributed by atoms with van der Waals surface area (Å²) in [5.41, 5.74) is 8.09. The number of benzene rings is 1. The predicted octanol–water partition coefficient (Wildman–Crippen LogP) is 11.0. The predicted molar refractivity (Wildman–Crippen MR) is 237 cm³/mol. The van der Waals surface area contributed by atoms with Crippen LogP contribution < -0.4 is 15.4 Å². The summed E-state index contributed by atoms with van der Waals surface area (Å²) in [5.74, 6) is 1.05. The highest BCUT2D eigenvalue weighted by Gasteiger charge is 2.35. The molecule has 2 fully saturated rings. The molecule has 0 spiro atoms. The van der Waals surface area contributed by atoms with E-state index >= 15 is 0 Å². The van der Waals surface area contributed by atoms with E-state index in [0.29, 0.717) is 23.9 Å². The molecule has 1 aromatic rings. The van der Waals surface area contributed by atoms with Gasteiger partial charge in [-0.3, -0.25) is 4.90 Å². The van der Waals surface area contributed by atoms with E-state index in [0.717, 1.165) is 68.6 Å². The van der Waals surface area contributed by atoms with Crippen molar-refractivity contribution in [2.45, 2.75) is 160 Å². The topological polar surface area (TPSA) is 51.8 Å². The van der Waals surface area contributed by atoms with Gasteiger partial charge >= 0.3 is 0 Å². The molecule has 6 nitrogen and oxygen atoms in total. The zero-order valence-electron chi connectivity index (χ0n) is 35.2. The van der Waals surface area contributed by atoms with Gasteiger partial charge in [-0.1, -0.05) is 116 Å². The Morgan fingerprint density at radius 2 is 1.67 bits per heavy atom. The molecule has 2 heterocycles. The van der Waals surface area contributed by atoms with E-state index in [1.807, 2.05) is 31.9 Å². The lowest BCUT2D eigenvalue weighted by Gasteiger charge is -2.32. The molecule has 0 aromatic heterocycles. The highest BCUT2D eigenvalue weighted by atomic mass is 32.2. The number of aryl methyl sites for hydroxylation is 1. The summed E-state index contributed by atoms with van der Waals surface area (Å²) in [6, 6.07) is 7.76. The van der Waals surface area contributed by atoms with Crippen molar-refractivity contribution in [1.29, 1.82) is 0 Å². The molecule has 54 heavy (non-hydrogen) atoms. The summed E-state index contributed by atoms with van der Waals surface area (Å²) < 4.78 is 8.86. The van der Waals surface area contributed by atoms with Gasteiger partial charge < -0.3 is 25.0 Å². The van der Waals surface area contributed by atoms with E-state index in [-0.39, 0.29) is 6.04 Å². The minimum Gasteiger partial charge on any atom is -0.385 e. The second kappa shape index (κ2) is 25.5. The number of likely N-dealkylation sites (N-methyl/N-ethyl adjacent to an activating group) is 1. The van der Waals surface area contributed by atoms with E-state index in [1.54, 1.807) is 18.9 Å². The lowest BCUT2D eigenvalue weighted by atomic mass is 9.92. The van der Waals surface area contributed by atoms with Crippen LogP contribution in [0, 0.1) is 11.8 Å². The Morgan fingerprint density at radius 1 is 0.963 bits per heavy atom. The molecule has 0 bridgehead atoms. The van der Waals surface area contributed by atoms with Crippen molar-refractivity contribution in [3.05, 3.63) is 97.2 Å². The van der Waals surface area contributed by atoms with Crippen LogP contribution in [-0.2, 0) is 24.2 Å².